The van der Waals surface area contributed by atoms with Gasteiger partial charge in [-0.1, -0.05) is 5.11 Å². The molecule has 0 aliphatic carbocycles. The van der Waals surface area contributed by atoms with Gasteiger partial charge in [0.2, 0.25) is 5.91 Å². The number of carbonyl (C=O) groups is 1. The molecular weight excluding hydrogens is 408 g/mol. The van der Waals surface area contributed by atoms with Gasteiger partial charge in [-0.3, -0.25) is 9.36 Å². The lowest BCUT2D eigenvalue weighted by Crippen LogP contribution is -2.39. The van der Waals surface area contributed by atoms with Crippen LogP contribution in [0.15, 0.2) is 17.8 Å². The number of amides is 1. The zero-order chi connectivity index (χ0) is 22.4. The van der Waals surface area contributed by atoms with E-state index in [1.54, 1.807) is 0 Å². The van der Waals surface area contributed by atoms with Gasteiger partial charge in [-0.15, -0.1) is 0 Å². The summed E-state index contributed by atoms with van der Waals surface area (Å²) >= 11 is 0. The first-order chi connectivity index (χ1) is 14.9. The van der Waals surface area contributed by atoms with Crippen LogP contribution in [0.5, 0.6) is 0 Å². The predicted molar refractivity (Wildman–Crippen MR) is 109 cm³/mol. The summed E-state index contributed by atoms with van der Waals surface area (Å²) in [6.07, 6.45) is -0.117. The van der Waals surface area contributed by atoms with Gasteiger partial charge in [0.15, 0.2) is 17.7 Å². The molecule has 31 heavy (non-hydrogen) atoms. The number of hydrogen-bond acceptors (Lipinski definition) is 10. The number of nitrogens with two attached hydrogens (primary N) is 1. The normalized spacial score (nSPS) is 23.2. The van der Waals surface area contributed by atoms with Crippen LogP contribution in [0, 0.1) is 0 Å². The van der Waals surface area contributed by atoms with Gasteiger partial charge in [0, 0.05) is 31.0 Å². The minimum absolute atomic E-state index is 0.123. The SMILES string of the molecule is CN(CCCC(=O)NCCN=[N+]=[N-])C[C@H]1O[C@@H](n2cnc3c(N)ncnc32)[C@H](O)[C@@H]1O. The van der Waals surface area contributed by atoms with Crippen LogP contribution in [0.25, 0.3) is 21.6 Å². The smallest absolute Gasteiger partial charge is 0.220 e. The number of likely N-dealkylation sites (N-methyl/N-ethyl adjacent to an activating group) is 1. The Morgan fingerprint density at radius 2 is 2.23 bits per heavy atom. The van der Waals surface area contributed by atoms with Gasteiger partial charge in [0.25, 0.3) is 0 Å². The number of aliphatic hydroxyl groups is 2. The number of carbonyl (C=O) groups excluding carboxylic acids is 1. The highest BCUT2D eigenvalue weighted by Gasteiger charge is 2.44. The molecule has 1 aliphatic heterocycles. The average molecular weight is 434 g/mol. The van der Waals surface area contributed by atoms with Gasteiger partial charge in [0.1, 0.15) is 30.2 Å². The van der Waals surface area contributed by atoms with E-state index in [-0.39, 0.29) is 18.3 Å². The maximum atomic E-state index is 11.7. The molecule has 14 heteroatoms. The van der Waals surface area contributed by atoms with Gasteiger partial charge in [0.05, 0.1) is 6.33 Å². The first-order valence-corrected chi connectivity index (χ1v) is 9.83. The lowest BCUT2D eigenvalue weighted by molar-refractivity contribution is -0.121. The van der Waals surface area contributed by atoms with Gasteiger partial charge < -0.3 is 30.9 Å². The van der Waals surface area contributed by atoms with Crippen LogP contribution in [0.2, 0.25) is 0 Å². The van der Waals surface area contributed by atoms with Crippen molar-refractivity contribution in [3.8, 4) is 0 Å². The molecule has 168 valence electrons. The van der Waals surface area contributed by atoms with Crippen LogP contribution in [-0.4, -0.2) is 92.1 Å². The summed E-state index contributed by atoms with van der Waals surface area (Å²) in [6, 6.07) is 0. The van der Waals surface area contributed by atoms with E-state index in [2.05, 4.69) is 30.3 Å². The highest BCUT2D eigenvalue weighted by molar-refractivity contribution is 5.81. The third-order valence-electron chi connectivity index (χ3n) is 5.03. The molecule has 2 aromatic rings. The minimum atomic E-state index is -1.17. The molecule has 0 radical (unpaired) electrons. The summed E-state index contributed by atoms with van der Waals surface area (Å²) in [5, 5.41) is 27.0. The number of ether oxygens (including phenoxy) is 1. The van der Waals surface area contributed by atoms with E-state index in [4.69, 9.17) is 16.0 Å². The summed E-state index contributed by atoms with van der Waals surface area (Å²) in [7, 11) is 1.84. The van der Waals surface area contributed by atoms with E-state index >= 15 is 0 Å². The van der Waals surface area contributed by atoms with E-state index in [0.717, 1.165) is 0 Å². The van der Waals surface area contributed by atoms with E-state index in [1.807, 2.05) is 11.9 Å². The molecule has 4 atom stereocenters. The Morgan fingerprint density at radius 1 is 1.42 bits per heavy atom. The van der Waals surface area contributed by atoms with Crippen molar-refractivity contribution in [2.75, 3.05) is 39.0 Å². The summed E-state index contributed by atoms with van der Waals surface area (Å²) in [6.45, 7) is 1.47. The third-order valence-corrected chi connectivity index (χ3v) is 5.03. The third kappa shape index (κ3) is 5.37. The highest BCUT2D eigenvalue weighted by Crippen LogP contribution is 2.32. The monoisotopic (exact) mass is 434 g/mol. The molecule has 2 aromatic heterocycles. The minimum Gasteiger partial charge on any atom is -0.387 e. The molecule has 3 rings (SSSR count). The zero-order valence-corrected chi connectivity index (χ0v) is 17.1. The van der Waals surface area contributed by atoms with Crippen LogP contribution >= 0.6 is 0 Å². The molecule has 0 unspecified atom stereocenters. The molecule has 3 heterocycles. The van der Waals surface area contributed by atoms with Crippen LogP contribution in [0.4, 0.5) is 5.82 Å². The molecule has 1 saturated heterocycles. The molecule has 0 saturated carbocycles. The first-order valence-electron chi connectivity index (χ1n) is 9.83. The van der Waals surface area contributed by atoms with E-state index < -0.39 is 24.5 Å². The zero-order valence-electron chi connectivity index (χ0n) is 17.1. The van der Waals surface area contributed by atoms with Crippen molar-refractivity contribution in [2.45, 2.75) is 37.4 Å². The van der Waals surface area contributed by atoms with Crippen molar-refractivity contribution >= 4 is 22.9 Å². The van der Waals surface area contributed by atoms with Crippen molar-refractivity contribution in [1.82, 2.24) is 29.7 Å². The summed E-state index contributed by atoms with van der Waals surface area (Å²) < 4.78 is 7.44. The topological polar surface area (TPSA) is 200 Å². The number of nitrogens with one attached hydrogen (secondary N) is 1. The van der Waals surface area contributed by atoms with Crippen molar-refractivity contribution in [1.29, 1.82) is 0 Å². The lowest BCUT2D eigenvalue weighted by Gasteiger charge is -2.22. The van der Waals surface area contributed by atoms with Crippen LogP contribution in [-0.2, 0) is 9.53 Å². The quantitative estimate of drug-likeness (QED) is 0.159. The number of fused-ring (bicyclic) bond motifs is 1. The molecule has 1 amide bonds. The van der Waals surface area contributed by atoms with E-state index in [0.29, 0.717) is 43.6 Å². The Kier molecular flexibility index (Phi) is 7.55. The van der Waals surface area contributed by atoms with Gasteiger partial charge in [-0.25, -0.2) is 15.0 Å². The average Bonchev–Trinajstić information content (AvgIpc) is 3.29. The summed E-state index contributed by atoms with van der Waals surface area (Å²) in [5.74, 6) is 0.0947. The lowest BCUT2D eigenvalue weighted by atomic mass is 10.1. The molecule has 0 bridgehead atoms. The largest absolute Gasteiger partial charge is 0.387 e. The number of imidazole rings is 1. The van der Waals surface area contributed by atoms with Crippen molar-refractivity contribution < 1.29 is 19.7 Å². The Bertz CT molecular complexity index is 946. The van der Waals surface area contributed by atoms with E-state index in [9.17, 15) is 15.0 Å². The highest BCUT2D eigenvalue weighted by atomic mass is 16.6. The number of azide groups is 1. The second kappa shape index (κ2) is 10.3. The first kappa shape index (κ1) is 22.7. The van der Waals surface area contributed by atoms with Gasteiger partial charge in [-0.05, 0) is 25.5 Å². The number of aromatic nitrogens is 4. The fourth-order valence-electron chi connectivity index (χ4n) is 3.45. The number of rotatable bonds is 10. The predicted octanol–water partition coefficient (Wildman–Crippen LogP) is -0.834. The molecule has 0 spiro atoms. The molecular formula is C17H26N10O4. The van der Waals surface area contributed by atoms with Gasteiger partial charge >= 0.3 is 0 Å². The van der Waals surface area contributed by atoms with Crippen molar-refractivity contribution in [2.24, 2.45) is 5.11 Å². The second-order valence-electron chi connectivity index (χ2n) is 7.30. The van der Waals surface area contributed by atoms with Crippen LogP contribution in [0.3, 0.4) is 0 Å². The fraction of sp³-hybridized carbons (Fsp3) is 0.647. The molecule has 1 aliphatic rings. The number of nitrogens with zero attached hydrogens (tertiary/aromatic N) is 8. The maximum Gasteiger partial charge on any atom is 0.220 e. The number of nitrogen functional groups attached to an aromatic ring is 1. The standard InChI is InChI=1S/C17H26N10O4/c1-26(6-2-3-11(28)20-4-5-24-25-19)7-10-13(29)14(30)17(31-10)27-9-23-12-15(18)21-8-22-16(12)27/h8-10,13-14,17,29-30H,2-7H2,1H3,(H,20,28)(H2,18,21,22)/t10-,13-,14-,17-/m1/s1. The Morgan fingerprint density at radius 3 is 3.00 bits per heavy atom. The molecule has 1 fully saturated rings. The maximum absolute atomic E-state index is 11.7. The van der Waals surface area contributed by atoms with Crippen LogP contribution < -0.4 is 11.1 Å². The summed E-state index contributed by atoms with van der Waals surface area (Å²) in [5.41, 5.74) is 14.8. The Labute approximate surface area is 177 Å². The van der Waals surface area contributed by atoms with Crippen molar-refractivity contribution in [3.05, 3.63) is 23.1 Å². The molecule has 14 nitrogen and oxygen atoms in total. The number of hydrogen-bond donors (Lipinski definition) is 4. The van der Waals surface area contributed by atoms with Gasteiger partial charge in [-0.2, -0.15) is 0 Å². The second-order valence-corrected chi connectivity index (χ2v) is 7.30. The Balaban J connectivity index is 1.50. The number of anilines is 1. The van der Waals surface area contributed by atoms with Crippen LogP contribution in [0.1, 0.15) is 19.1 Å². The molecule has 0 aromatic carbocycles. The fourth-order valence-corrected chi connectivity index (χ4v) is 3.45. The number of aliphatic hydroxyl groups excluding tert-OH is 2. The Hall–Kier alpha value is -3.03. The van der Waals surface area contributed by atoms with Crippen molar-refractivity contribution in [3.63, 3.8) is 0 Å². The molecule has 5 N–H and O–H groups in total. The van der Waals surface area contributed by atoms with E-state index in [1.165, 1.54) is 17.2 Å². The summed E-state index contributed by atoms with van der Waals surface area (Å²) in [4.78, 5) is 28.5.